The van der Waals surface area contributed by atoms with E-state index in [1.165, 1.54) is 19.3 Å². The number of ether oxygens (including phenoxy) is 1. The minimum atomic E-state index is -2.84. The molecule has 1 fully saturated rings. The van der Waals surface area contributed by atoms with E-state index in [0.29, 0.717) is 17.3 Å². The Bertz CT molecular complexity index is 700. The Hall–Kier alpha value is -2.25. The highest BCUT2D eigenvalue weighted by Gasteiger charge is 2.23. The molecule has 25 heavy (non-hydrogen) atoms. The Balaban J connectivity index is 1.74. The Labute approximate surface area is 145 Å². The molecule has 8 heteroatoms. The summed E-state index contributed by atoms with van der Waals surface area (Å²) in [4.78, 5) is 0. The largest absolute Gasteiger partial charge is 0.434 e. The molecule has 1 unspecified atom stereocenters. The van der Waals surface area contributed by atoms with Gasteiger partial charge in [-0.25, -0.2) is 4.68 Å². The van der Waals surface area contributed by atoms with E-state index in [2.05, 4.69) is 25.6 Å². The van der Waals surface area contributed by atoms with Crippen molar-refractivity contribution in [3.05, 3.63) is 29.6 Å². The van der Waals surface area contributed by atoms with Crippen LogP contribution in [-0.4, -0.2) is 26.8 Å². The Morgan fingerprint density at radius 1 is 1.24 bits per heavy atom. The molecule has 1 saturated carbocycles. The van der Waals surface area contributed by atoms with Gasteiger partial charge in [0.25, 0.3) is 0 Å². The fourth-order valence-corrected chi connectivity index (χ4v) is 3.30. The van der Waals surface area contributed by atoms with Crippen LogP contribution in [0.25, 0.3) is 0 Å². The first-order valence-electron chi connectivity index (χ1n) is 8.64. The van der Waals surface area contributed by atoms with E-state index in [1.807, 2.05) is 17.7 Å². The number of benzene rings is 1. The molecule has 3 rings (SSSR count). The second-order valence-corrected chi connectivity index (χ2v) is 6.50. The highest BCUT2D eigenvalue weighted by molar-refractivity contribution is 5.52. The summed E-state index contributed by atoms with van der Waals surface area (Å²) in [6, 6.07) is 5.33. The van der Waals surface area contributed by atoms with Gasteiger partial charge in [-0.2, -0.15) is 8.78 Å². The second-order valence-electron chi connectivity index (χ2n) is 6.50. The average molecular weight is 351 g/mol. The number of anilines is 1. The molecule has 1 heterocycles. The summed E-state index contributed by atoms with van der Waals surface area (Å²) in [6.07, 6.45) is 5.82. The maximum Gasteiger partial charge on any atom is 0.387 e. The van der Waals surface area contributed by atoms with Gasteiger partial charge in [0.1, 0.15) is 5.75 Å². The van der Waals surface area contributed by atoms with Crippen LogP contribution in [0.15, 0.2) is 18.2 Å². The van der Waals surface area contributed by atoms with Crippen LogP contribution in [0.2, 0.25) is 0 Å². The number of nitrogens with zero attached hydrogens (tertiary/aromatic N) is 4. The van der Waals surface area contributed by atoms with Gasteiger partial charge in [-0.15, -0.1) is 5.10 Å². The number of aromatic nitrogens is 4. The van der Waals surface area contributed by atoms with Gasteiger partial charge in [0.05, 0.1) is 12.1 Å². The first-order chi connectivity index (χ1) is 12.0. The van der Waals surface area contributed by atoms with Crippen molar-refractivity contribution in [3.63, 3.8) is 0 Å². The first kappa shape index (κ1) is 17.6. The smallest absolute Gasteiger partial charge is 0.387 e. The van der Waals surface area contributed by atoms with Gasteiger partial charge in [-0.05, 0) is 48.7 Å². The average Bonchev–Trinajstić information content (AvgIpc) is 3.08. The van der Waals surface area contributed by atoms with Gasteiger partial charge in [0, 0.05) is 11.8 Å². The molecule has 1 aromatic carbocycles. The van der Waals surface area contributed by atoms with Crippen molar-refractivity contribution in [1.29, 1.82) is 0 Å². The summed E-state index contributed by atoms with van der Waals surface area (Å²) in [5, 5.41) is 15.4. The van der Waals surface area contributed by atoms with E-state index in [1.54, 1.807) is 19.1 Å². The lowest BCUT2D eigenvalue weighted by atomic mass is 9.95. The zero-order chi connectivity index (χ0) is 17.8. The standard InChI is InChI=1S/C17H23F2N5O/c1-11-8-9-13(10-15(11)25-17(18)19)20-12(2)16-21-22-23-24(16)14-6-4-3-5-7-14/h8-10,12,14,17,20H,3-7H2,1-2H3. The van der Waals surface area contributed by atoms with Crippen LogP contribution in [0, 0.1) is 6.92 Å². The lowest BCUT2D eigenvalue weighted by Crippen LogP contribution is -2.21. The summed E-state index contributed by atoms with van der Waals surface area (Å²) >= 11 is 0. The third kappa shape index (κ3) is 4.24. The molecule has 0 bridgehead atoms. The topological polar surface area (TPSA) is 64.9 Å². The SMILES string of the molecule is Cc1ccc(NC(C)c2nnnn2C2CCCCC2)cc1OC(F)F. The molecule has 0 aliphatic heterocycles. The fraction of sp³-hybridized carbons (Fsp3) is 0.588. The monoisotopic (exact) mass is 351 g/mol. The number of nitrogens with one attached hydrogen (secondary N) is 1. The molecule has 1 N–H and O–H groups in total. The molecule has 1 aromatic heterocycles. The number of aryl methyl sites for hydroxylation is 1. The summed E-state index contributed by atoms with van der Waals surface area (Å²) in [6.45, 7) is 0.845. The first-order valence-corrected chi connectivity index (χ1v) is 8.64. The number of rotatable bonds is 6. The quantitative estimate of drug-likeness (QED) is 0.842. The molecule has 1 atom stereocenters. The van der Waals surface area contributed by atoms with Crippen molar-refractivity contribution in [2.45, 2.75) is 64.6 Å². The van der Waals surface area contributed by atoms with Crippen molar-refractivity contribution in [2.24, 2.45) is 0 Å². The zero-order valence-corrected chi connectivity index (χ0v) is 14.5. The van der Waals surface area contributed by atoms with Gasteiger partial charge in [-0.3, -0.25) is 0 Å². The summed E-state index contributed by atoms with van der Waals surface area (Å²) in [5.41, 5.74) is 1.34. The van der Waals surface area contributed by atoms with Crippen LogP contribution in [0.1, 0.15) is 62.5 Å². The van der Waals surface area contributed by atoms with E-state index >= 15 is 0 Å². The van der Waals surface area contributed by atoms with Crippen molar-refractivity contribution < 1.29 is 13.5 Å². The molecule has 0 amide bonds. The molecule has 136 valence electrons. The van der Waals surface area contributed by atoms with Gasteiger partial charge in [0.15, 0.2) is 5.82 Å². The highest BCUT2D eigenvalue weighted by atomic mass is 19.3. The van der Waals surface area contributed by atoms with E-state index in [-0.39, 0.29) is 11.8 Å². The second kappa shape index (κ2) is 7.76. The Kier molecular flexibility index (Phi) is 5.45. The molecule has 0 radical (unpaired) electrons. The number of halogens is 2. The predicted molar refractivity (Wildman–Crippen MR) is 89.8 cm³/mol. The van der Waals surface area contributed by atoms with Crippen LogP contribution in [0.3, 0.4) is 0 Å². The fourth-order valence-electron chi connectivity index (χ4n) is 3.30. The molecule has 1 aliphatic rings. The minimum Gasteiger partial charge on any atom is -0.434 e. The summed E-state index contributed by atoms with van der Waals surface area (Å²) < 4.78 is 31.5. The van der Waals surface area contributed by atoms with E-state index in [9.17, 15) is 8.78 Å². The summed E-state index contributed by atoms with van der Waals surface area (Å²) in [7, 11) is 0. The molecule has 0 saturated heterocycles. The Morgan fingerprint density at radius 3 is 2.72 bits per heavy atom. The maximum absolute atomic E-state index is 12.5. The van der Waals surface area contributed by atoms with E-state index in [0.717, 1.165) is 18.7 Å². The molecular formula is C17H23F2N5O. The van der Waals surface area contributed by atoms with Gasteiger partial charge < -0.3 is 10.1 Å². The summed E-state index contributed by atoms with van der Waals surface area (Å²) in [5.74, 6) is 0.919. The molecule has 2 aromatic rings. The van der Waals surface area contributed by atoms with Crippen LogP contribution in [0.5, 0.6) is 5.75 Å². The molecule has 1 aliphatic carbocycles. The van der Waals surface area contributed by atoms with Crippen molar-refractivity contribution in [2.75, 3.05) is 5.32 Å². The Morgan fingerprint density at radius 2 is 2.00 bits per heavy atom. The molecule has 6 nitrogen and oxygen atoms in total. The van der Waals surface area contributed by atoms with E-state index < -0.39 is 6.61 Å². The number of hydrogen-bond acceptors (Lipinski definition) is 5. The highest BCUT2D eigenvalue weighted by Crippen LogP contribution is 2.31. The van der Waals surface area contributed by atoms with Crippen LogP contribution >= 0.6 is 0 Å². The van der Waals surface area contributed by atoms with Crippen LogP contribution in [0.4, 0.5) is 14.5 Å². The number of alkyl halides is 2. The van der Waals surface area contributed by atoms with Crippen molar-refractivity contribution >= 4 is 5.69 Å². The van der Waals surface area contributed by atoms with Crippen LogP contribution in [-0.2, 0) is 0 Å². The third-order valence-corrected chi connectivity index (χ3v) is 4.61. The van der Waals surface area contributed by atoms with E-state index in [4.69, 9.17) is 0 Å². The molecular weight excluding hydrogens is 328 g/mol. The van der Waals surface area contributed by atoms with Crippen molar-refractivity contribution in [3.8, 4) is 5.75 Å². The van der Waals surface area contributed by atoms with Crippen LogP contribution < -0.4 is 10.1 Å². The maximum atomic E-state index is 12.5. The number of tetrazole rings is 1. The normalized spacial score (nSPS) is 16.8. The lowest BCUT2D eigenvalue weighted by Gasteiger charge is -2.24. The van der Waals surface area contributed by atoms with Crippen molar-refractivity contribution in [1.82, 2.24) is 20.2 Å². The predicted octanol–water partition coefficient (Wildman–Crippen LogP) is 4.26. The lowest BCUT2D eigenvalue weighted by molar-refractivity contribution is -0.0502. The third-order valence-electron chi connectivity index (χ3n) is 4.61. The van der Waals surface area contributed by atoms with Gasteiger partial charge in [-0.1, -0.05) is 25.3 Å². The molecule has 0 spiro atoms. The zero-order valence-electron chi connectivity index (χ0n) is 14.5. The minimum absolute atomic E-state index is 0.154. The van der Waals surface area contributed by atoms with Gasteiger partial charge in [0.2, 0.25) is 0 Å². The van der Waals surface area contributed by atoms with Gasteiger partial charge >= 0.3 is 6.61 Å². The number of hydrogen-bond donors (Lipinski definition) is 1.